The van der Waals surface area contributed by atoms with Crippen LogP contribution in [-0.2, 0) is 11.2 Å². The predicted molar refractivity (Wildman–Crippen MR) is 119 cm³/mol. The number of nitriles is 1. The maximum absolute atomic E-state index is 13.3. The van der Waals surface area contributed by atoms with E-state index in [0.29, 0.717) is 42.1 Å². The van der Waals surface area contributed by atoms with Crippen molar-refractivity contribution < 1.29 is 19.1 Å². The molecule has 8 nitrogen and oxygen atoms in total. The van der Waals surface area contributed by atoms with Crippen LogP contribution in [0.25, 0.3) is 10.9 Å². The van der Waals surface area contributed by atoms with E-state index in [1.165, 1.54) is 18.3 Å². The number of hydrogen-bond acceptors (Lipinski definition) is 5. The third-order valence-electron chi connectivity index (χ3n) is 5.88. The molecular formula is C24H24FN5O3. The number of pyridine rings is 1. The highest BCUT2D eigenvalue weighted by Gasteiger charge is 2.27. The zero-order valence-electron chi connectivity index (χ0n) is 17.8. The van der Waals surface area contributed by atoms with Gasteiger partial charge in [-0.15, -0.1) is 0 Å². The maximum atomic E-state index is 13.3. The number of halogens is 1. The summed E-state index contributed by atoms with van der Waals surface area (Å²) in [7, 11) is 0. The van der Waals surface area contributed by atoms with Crippen LogP contribution in [0.3, 0.4) is 0 Å². The standard InChI is InChI=1S/C24H24FN5O3/c25-16-3-1-14(2-4-16)9-20(23(32)28-17-5-7-19(31)8-6-17)30-24(33)21-11-15-10-18(12-26)27-13-22(15)29-21/h1-4,10-11,13,17,19-20,29,31H,5-9H2,(H,28,32)(H,30,33)/t17?,19?,20-/m0/s1. The summed E-state index contributed by atoms with van der Waals surface area (Å²) in [5.74, 6) is -1.20. The topological polar surface area (TPSA) is 131 Å². The van der Waals surface area contributed by atoms with Gasteiger partial charge in [0.25, 0.3) is 5.91 Å². The highest BCUT2D eigenvalue weighted by molar-refractivity contribution is 6.00. The van der Waals surface area contributed by atoms with Crippen molar-refractivity contribution in [2.24, 2.45) is 0 Å². The molecule has 1 aromatic carbocycles. The lowest BCUT2D eigenvalue weighted by molar-refractivity contribution is -0.124. The van der Waals surface area contributed by atoms with Crippen LogP contribution < -0.4 is 10.6 Å². The van der Waals surface area contributed by atoms with Gasteiger partial charge in [0, 0.05) is 17.8 Å². The number of amides is 2. The first kappa shape index (κ1) is 22.4. The number of aromatic amines is 1. The molecule has 2 heterocycles. The normalized spacial score (nSPS) is 18.9. The Bertz CT molecular complexity index is 1190. The fraction of sp³-hybridized carbons (Fsp3) is 0.333. The molecule has 4 rings (SSSR count). The SMILES string of the molecule is N#Cc1cc2cc(C(=O)N[C@@H](Cc3ccc(F)cc3)C(=O)NC3CCC(O)CC3)[nH]c2cn1. The molecule has 2 aromatic heterocycles. The Morgan fingerprint density at radius 3 is 2.64 bits per heavy atom. The number of aliphatic hydroxyl groups is 1. The molecule has 4 N–H and O–H groups in total. The van der Waals surface area contributed by atoms with Crippen molar-refractivity contribution in [2.75, 3.05) is 0 Å². The number of aromatic nitrogens is 2. The summed E-state index contributed by atoms with van der Waals surface area (Å²) in [5.41, 5.74) is 1.77. The molecule has 0 unspecified atom stereocenters. The first-order valence-corrected chi connectivity index (χ1v) is 10.8. The lowest BCUT2D eigenvalue weighted by atomic mass is 9.92. The van der Waals surface area contributed by atoms with Crippen molar-refractivity contribution >= 4 is 22.7 Å². The zero-order chi connectivity index (χ0) is 23.4. The third kappa shape index (κ3) is 5.54. The molecule has 0 radical (unpaired) electrons. The van der Waals surface area contributed by atoms with E-state index in [1.54, 1.807) is 24.3 Å². The van der Waals surface area contributed by atoms with Gasteiger partial charge in [0.2, 0.25) is 5.91 Å². The molecule has 1 saturated carbocycles. The number of rotatable bonds is 6. The number of nitrogens with one attached hydrogen (secondary N) is 3. The molecule has 1 aliphatic rings. The number of H-pyrrole nitrogens is 1. The molecular weight excluding hydrogens is 425 g/mol. The second-order valence-electron chi connectivity index (χ2n) is 8.32. The van der Waals surface area contributed by atoms with Gasteiger partial charge in [0.1, 0.15) is 29.3 Å². The molecule has 0 saturated heterocycles. The Morgan fingerprint density at radius 1 is 1.21 bits per heavy atom. The summed E-state index contributed by atoms with van der Waals surface area (Å²) in [6, 6.07) is 9.96. The lowest BCUT2D eigenvalue weighted by Gasteiger charge is -2.28. The van der Waals surface area contributed by atoms with Gasteiger partial charge in [-0.2, -0.15) is 5.26 Å². The predicted octanol–water partition coefficient (Wildman–Crippen LogP) is 2.33. The molecule has 170 valence electrons. The number of fused-ring (bicyclic) bond motifs is 1. The van der Waals surface area contributed by atoms with E-state index in [0.717, 1.165) is 0 Å². The van der Waals surface area contributed by atoms with Gasteiger partial charge < -0.3 is 20.7 Å². The van der Waals surface area contributed by atoms with Crippen molar-refractivity contribution in [1.29, 1.82) is 5.26 Å². The van der Waals surface area contributed by atoms with E-state index < -0.39 is 11.9 Å². The quantitative estimate of drug-likeness (QED) is 0.459. The zero-order valence-corrected chi connectivity index (χ0v) is 17.8. The van der Waals surface area contributed by atoms with E-state index >= 15 is 0 Å². The first-order valence-electron chi connectivity index (χ1n) is 10.8. The molecule has 0 spiro atoms. The number of nitrogens with zero attached hydrogens (tertiary/aromatic N) is 2. The second-order valence-corrected chi connectivity index (χ2v) is 8.32. The summed E-state index contributed by atoms with van der Waals surface area (Å²) in [4.78, 5) is 33.0. The number of benzene rings is 1. The van der Waals surface area contributed by atoms with Crippen molar-refractivity contribution in [3.63, 3.8) is 0 Å². The summed E-state index contributed by atoms with van der Waals surface area (Å²) < 4.78 is 13.3. The third-order valence-corrected chi connectivity index (χ3v) is 5.88. The number of carbonyl (C=O) groups is 2. The van der Waals surface area contributed by atoms with E-state index in [-0.39, 0.29) is 41.7 Å². The monoisotopic (exact) mass is 449 g/mol. The Hall–Kier alpha value is -3.77. The molecule has 2 amide bonds. The molecule has 1 aliphatic carbocycles. The van der Waals surface area contributed by atoms with Crippen molar-refractivity contribution in [2.45, 2.75) is 50.3 Å². The Balaban J connectivity index is 1.51. The molecule has 1 atom stereocenters. The van der Waals surface area contributed by atoms with Crippen LogP contribution in [-0.4, -0.2) is 45.1 Å². The minimum absolute atomic E-state index is 0.0722. The van der Waals surface area contributed by atoms with Crippen molar-refractivity contribution in [1.82, 2.24) is 20.6 Å². The molecule has 0 bridgehead atoms. The van der Waals surface area contributed by atoms with Gasteiger partial charge >= 0.3 is 0 Å². The van der Waals surface area contributed by atoms with E-state index in [1.807, 2.05) is 6.07 Å². The Morgan fingerprint density at radius 2 is 1.94 bits per heavy atom. The molecule has 0 aliphatic heterocycles. The van der Waals surface area contributed by atoms with Gasteiger partial charge in [-0.3, -0.25) is 9.59 Å². The van der Waals surface area contributed by atoms with Crippen LogP contribution in [0.4, 0.5) is 4.39 Å². The highest BCUT2D eigenvalue weighted by atomic mass is 19.1. The summed E-state index contributed by atoms with van der Waals surface area (Å²) >= 11 is 0. The van der Waals surface area contributed by atoms with E-state index in [4.69, 9.17) is 5.26 Å². The van der Waals surface area contributed by atoms with E-state index in [9.17, 15) is 19.1 Å². The van der Waals surface area contributed by atoms with Crippen LogP contribution >= 0.6 is 0 Å². The molecule has 9 heteroatoms. The number of aliphatic hydroxyl groups excluding tert-OH is 1. The fourth-order valence-corrected chi connectivity index (χ4v) is 4.04. The lowest BCUT2D eigenvalue weighted by Crippen LogP contribution is -2.51. The maximum Gasteiger partial charge on any atom is 0.268 e. The van der Waals surface area contributed by atoms with Gasteiger partial charge in [0.05, 0.1) is 17.8 Å². The molecule has 1 fully saturated rings. The molecule has 33 heavy (non-hydrogen) atoms. The van der Waals surface area contributed by atoms with Gasteiger partial charge in [0.15, 0.2) is 0 Å². The van der Waals surface area contributed by atoms with Crippen LogP contribution in [0.5, 0.6) is 0 Å². The van der Waals surface area contributed by atoms with Gasteiger partial charge in [-0.05, 0) is 55.5 Å². The number of carbonyl (C=O) groups excluding carboxylic acids is 2. The number of hydrogen-bond donors (Lipinski definition) is 4. The average Bonchev–Trinajstić information content (AvgIpc) is 3.25. The summed E-state index contributed by atoms with van der Waals surface area (Å²) in [6.07, 6.45) is 3.89. The Labute approximate surface area is 189 Å². The summed E-state index contributed by atoms with van der Waals surface area (Å²) in [6.45, 7) is 0. The Kier molecular flexibility index (Phi) is 6.66. The highest BCUT2D eigenvalue weighted by Crippen LogP contribution is 2.19. The van der Waals surface area contributed by atoms with Crippen LogP contribution in [0.15, 0.2) is 42.6 Å². The van der Waals surface area contributed by atoms with Gasteiger partial charge in [-0.1, -0.05) is 12.1 Å². The van der Waals surface area contributed by atoms with Crippen LogP contribution in [0, 0.1) is 17.1 Å². The van der Waals surface area contributed by atoms with Crippen molar-refractivity contribution in [3.05, 3.63) is 65.4 Å². The minimum atomic E-state index is -0.881. The van der Waals surface area contributed by atoms with Crippen LogP contribution in [0.1, 0.15) is 47.4 Å². The summed E-state index contributed by atoms with van der Waals surface area (Å²) in [5, 5.41) is 25.1. The van der Waals surface area contributed by atoms with Crippen LogP contribution in [0.2, 0.25) is 0 Å². The minimum Gasteiger partial charge on any atom is -0.393 e. The largest absolute Gasteiger partial charge is 0.393 e. The van der Waals surface area contributed by atoms with Gasteiger partial charge in [-0.25, -0.2) is 9.37 Å². The second kappa shape index (κ2) is 9.79. The smallest absolute Gasteiger partial charge is 0.268 e. The molecule has 3 aromatic rings. The fourth-order valence-electron chi connectivity index (χ4n) is 4.04. The van der Waals surface area contributed by atoms with Crippen molar-refractivity contribution in [3.8, 4) is 6.07 Å². The first-order chi connectivity index (χ1) is 15.9. The van der Waals surface area contributed by atoms with E-state index in [2.05, 4.69) is 20.6 Å². The average molecular weight is 449 g/mol.